The Balaban J connectivity index is 1.93. The van der Waals surface area contributed by atoms with Crippen LogP contribution < -0.4 is 15.5 Å². The number of nitrogens with one attached hydrogen (secondary N) is 2. The number of benzene rings is 2. The van der Waals surface area contributed by atoms with Gasteiger partial charge in [-0.05, 0) is 23.8 Å². The maximum atomic E-state index is 13.2. The lowest BCUT2D eigenvalue weighted by Gasteiger charge is -2.31. The van der Waals surface area contributed by atoms with Gasteiger partial charge >= 0.3 is 7.60 Å². The van der Waals surface area contributed by atoms with E-state index in [2.05, 4.69) is 15.8 Å². The van der Waals surface area contributed by atoms with Crippen molar-refractivity contribution in [1.82, 2.24) is 5.43 Å². The van der Waals surface area contributed by atoms with E-state index in [4.69, 9.17) is 13.8 Å². The van der Waals surface area contributed by atoms with Crippen LogP contribution in [-0.2, 0) is 23.9 Å². The van der Waals surface area contributed by atoms with Crippen LogP contribution in [0.25, 0.3) is 0 Å². The summed E-state index contributed by atoms with van der Waals surface area (Å²) in [5.74, 6) is -0.319. The van der Waals surface area contributed by atoms with Crippen LogP contribution in [0.5, 0.6) is 5.75 Å². The fraction of sp³-hybridized carbons (Fsp3) is 0.263. The number of anilines is 1. The average Bonchev–Trinajstić information content (AvgIpc) is 3.27. The zero-order valence-electron chi connectivity index (χ0n) is 15.6. The first-order valence-corrected chi connectivity index (χ1v) is 10.2. The topological polar surface area (TPSA) is 98.2 Å². The monoisotopic (exact) mass is 401 g/mol. The molecule has 2 N–H and O–H groups in total. The lowest BCUT2D eigenvalue weighted by Crippen LogP contribution is -2.48. The SMILES string of the molecule is COc1ccc([C@@H]2C(P(=O)(OC)OC)=NN[C@@]23C(=O)Nc2ccccc23)cc1. The van der Waals surface area contributed by atoms with Gasteiger partial charge in [0.1, 0.15) is 5.75 Å². The minimum absolute atomic E-state index is 0.148. The molecule has 0 unspecified atom stereocenters. The number of hydrogen-bond donors (Lipinski definition) is 2. The van der Waals surface area contributed by atoms with E-state index in [0.717, 1.165) is 11.1 Å². The molecule has 2 aliphatic rings. The van der Waals surface area contributed by atoms with Gasteiger partial charge in [0.25, 0.3) is 5.91 Å². The third kappa shape index (κ3) is 2.49. The predicted octanol–water partition coefficient (Wildman–Crippen LogP) is 3.03. The molecule has 28 heavy (non-hydrogen) atoms. The van der Waals surface area contributed by atoms with Crippen LogP contribution in [0.2, 0.25) is 0 Å². The number of methoxy groups -OCH3 is 1. The van der Waals surface area contributed by atoms with Crippen LogP contribution in [0.1, 0.15) is 17.0 Å². The molecule has 8 nitrogen and oxygen atoms in total. The zero-order valence-corrected chi connectivity index (χ0v) is 16.5. The molecule has 4 rings (SSSR count). The Labute approximate surface area is 162 Å². The summed E-state index contributed by atoms with van der Waals surface area (Å²) in [6, 6.07) is 14.5. The molecule has 0 radical (unpaired) electrons. The molecule has 0 saturated carbocycles. The minimum Gasteiger partial charge on any atom is -0.497 e. The molecule has 0 aliphatic carbocycles. The molecule has 146 valence electrons. The van der Waals surface area contributed by atoms with Gasteiger partial charge < -0.3 is 19.1 Å². The summed E-state index contributed by atoms with van der Waals surface area (Å²) >= 11 is 0. The zero-order chi connectivity index (χ0) is 19.9. The highest BCUT2D eigenvalue weighted by atomic mass is 31.2. The molecule has 0 saturated heterocycles. The first-order valence-electron chi connectivity index (χ1n) is 8.62. The van der Waals surface area contributed by atoms with Gasteiger partial charge in [0.15, 0.2) is 11.0 Å². The third-order valence-corrected chi connectivity index (χ3v) is 7.09. The quantitative estimate of drug-likeness (QED) is 0.748. The molecular weight excluding hydrogens is 381 g/mol. The Kier molecular flexibility index (Phi) is 4.50. The van der Waals surface area contributed by atoms with Crippen molar-refractivity contribution >= 4 is 24.6 Å². The number of carbonyl (C=O) groups is 1. The summed E-state index contributed by atoms with van der Waals surface area (Å²) in [5, 5.41) is 7.19. The molecule has 2 aromatic rings. The van der Waals surface area contributed by atoms with Crippen molar-refractivity contribution in [2.24, 2.45) is 5.10 Å². The fourth-order valence-electron chi connectivity index (χ4n) is 3.82. The van der Waals surface area contributed by atoms with E-state index in [1.54, 1.807) is 19.2 Å². The number of carbonyl (C=O) groups excluding carboxylic acids is 1. The summed E-state index contributed by atoms with van der Waals surface area (Å²) < 4.78 is 28.9. The van der Waals surface area contributed by atoms with Crippen LogP contribution in [0.3, 0.4) is 0 Å². The highest BCUT2D eigenvalue weighted by molar-refractivity contribution is 7.72. The van der Waals surface area contributed by atoms with E-state index in [-0.39, 0.29) is 11.4 Å². The van der Waals surface area contributed by atoms with Crippen LogP contribution >= 0.6 is 7.60 Å². The van der Waals surface area contributed by atoms with Gasteiger partial charge in [-0.25, -0.2) is 0 Å². The second kappa shape index (κ2) is 6.74. The predicted molar refractivity (Wildman–Crippen MR) is 105 cm³/mol. The summed E-state index contributed by atoms with van der Waals surface area (Å²) in [6.07, 6.45) is 0. The summed E-state index contributed by atoms with van der Waals surface area (Å²) in [6.45, 7) is 0. The number of hydrazone groups is 1. The Morgan fingerprint density at radius 3 is 2.36 bits per heavy atom. The number of fused-ring (bicyclic) bond motifs is 2. The van der Waals surface area contributed by atoms with E-state index in [9.17, 15) is 9.36 Å². The second-order valence-corrected chi connectivity index (χ2v) is 8.64. The molecular formula is C19H20N3O5P. The molecule has 0 aromatic heterocycles. The highest BCUT2D eigenvalue weighted by Gasteiger charge is 2.61. The van der Waals surface area contributed by atoms with Crippen molar-refractivity contribution < 1.29 is 23.1 Å². The number of ether oxygens (including phenoxy) is 1. The normalized spacial score (nSPS) is 23.2. The number of hydrogen-bond acceptors (Lipinski definition) is 7. The molecule has 1 spiro atoms. The average molecular weight is 401 g/mol. The maximum Gasteiger partial charge on any atom is 0.377 e. The number of rotatable bonds is 5. The van der Waals surface area contributed by atoms with Crippen molar-refractivity contribution in [2.45, 2.75) is 11.5 Å². The van der Waals surface area contributed by atoms with E-state index in [0.29, 0.717) is 11.4 Å². The lowest BCUT2D eigenvalue weighted by atomic mass is 9.77. The summed E-state index contributed by atoms with van der Waals surface area (Å²) in [4.78, 5) is 13.2. The fourth-order valence-corrected chi connectivity index (χ4v) is 5.18. The van der Waals surface area contributed by atoms with Gasteiger partial charge in [0.05, 0.1) is 13.0 Å². The van der Waals surface area contributed by atoms with Gasteiger partial charge in [-0.15, -0.1) is 0 Å². The number of nitrogens with zero attached hydrogens (tertiary/aromatic N) is 1. The summed E-state index contributed by atoms with van der Waals surface area (Å²) in [5.41, 5.74) is 3.97. The Bertz CT molecular complexity index is 999. The van der Waals surface area contributed by atoms with E-state index < -0.39 is 19.1 Å². The van der Waals surface area contributed by atoms with Crippen LogP contribution in [0, 0.1) is 0 Å². The van der Waals surface area contributed by atoms with Crippen molar-refractivity contribution in [3.63, 3.8) is 0 Å². The molecule has 2 atom stereocenters. The van der Waals surface area contributed by atoms with Gasteiger partial charge in [-0.3, -0.25) is 14.8 Å². The Morgan fingerprint density at radius 2 is 1.71 bits per heavy atom. The van der Waals surface area contributed by atoms with E-state index >= 15 is 0 Å². The van der Waals surface area contributed by atoms with Crippen molar-refractivity contribution in [3.05, 3.63) is 59.7 Å². The number of amides is 1. The maximum absolute atomic E-state index is 13.2. The Morgan fingerprint density at radius 1 is 1.04 bits per heavy atom. The Hall–Kier alpha value is -2.67. The van der Waals surface area contributed by atoms with Gasteiger partial charge in [0.2, 0.25) is 0 Å². The molecule has 1 amide bonds. The van der Waals surface area contributed by atoms with Gasteiger partial charge in [0, 0.05) is 25.5 Å². The largest absolute Gasteiger partial charge is 0.497 e. The van der Waals surface area contributed by atoms with Crippen LogP contribution in [0.4, 0.5) is 5.69 Å². The third-order valence-electron chi connectivity index (χ3n) is 5.21. The molecule has 2 heterocycles. The second-order valence-electron chi connectivity index (χ2n) is 6.46. The minimum atomic E-state index is -3.71. The summed E-state index contributed by atoms with van der Waals surface area (Å²) in [7, 11) is 0.459. The molecule has 0 bridgehead atoms. The van der Waals surface area contributed by atoms with Crippen LogP contribution in [0.15, 0.2) is 53.6 Å². The van der Waals surface area contributed by atoms with Gasteiger partial charge in [-0.1, -0.05) is 30.3 Å². The van der Waals surface area contributed by atoms with Crippen molar-refractivity contribution in [3.8, 4) is 5.75 Å². The number of para-hydroxylation sites is 1. The standard InChI is InChI=1S/C19H20N3O5P/c1-25-13-10-8-12(9-11-13)16-17(28(24,26-2)27-3)21-22-19(16)14-6-4-5-7-15(14)20-18(19)23/h4-11,16,22H,1-3H3,(H,20,23)/t16-,19-/m1/s1. The first-order chi connectivity index (χ1) is 13.5. The first kappa shape index (κ1) is 18.7. The lowest BCUT2D eigenvalue weighted by molar-refractivity contribution is -0.121. The smallest absolute Gasteiger partial charge is 0.377 e. The molecule has 2 aromatic carbocycles. The van der Waals surface area contributed by atoms with Gasteiger partial charge in [-0.2, -0.15) is 5.10 Å². The van der Waals surface area contributed by atoms with Crippen molar-refractivity contribution in [2.75, 3.05) is 26.6 Å². The molecule has 2 aliphatic heterocycles. The van der Waals surface area contributed by atoms with E-state index in [1.165, 1.54) is 14.2 Å². The van der Waals surface area contributed by atoms with Crippen molar-refractivity contribution in [1.29, 1.82) is 0 Å². The highest BCUT2D eigenvalue weighted by Crippen LogP contribution is 2.60. The van der Waals surface area contributed by atoms with Crippen LogP contribution in [-0.4, -0.2) is 32.7 Å². The van der Waals surface area contributed by atoms with E-state index in [1.807, 2.05) is 36.4 Å². The molecule has 0 fully saturated rings. The molecule has 9 heteroatoms.